The van der Waals surface area contributed by atoms with E-state index in [1.165, 1.54) is 25.1 Å². The van der Waals surface area contributed by atoms with E-state index in [4.69, 9.17) is 5.26 Å². The lowest BCUT2D eigenvalue weighted by Crippen LogP contribution is -2.45. The van der Waals surface area contributed by atoms with Crippen LogP contribution in [0.4, 0.5) is 10.1 Å². The molecule has 0 saturated carbocycles. The third-order valence-electron chi connectivity index (χ3n) is 3.35. The molecule has 138 valence electrons. The predicted molar refractivity (Wildman–Crippen MR) is 96.7 cm³/mol. The first-order valence-electron chi connectivity index (χ1n) is 7.61. The highest BCUT2D eigenvalue weighted by Gasteiger charge is 2.22. The van der Waals surface area contributed by atoms with Gasteiger partial charge in [0.1, 0.15) is 21.7 Å². The maximum absolute atomic E-state index is 13.5. The first kappa shape index (κ1) is 19.8. The Morgan fingerprint density at radius 1 is 1.31 bits per heavy atom. The largest absolute Gasteiger partial charge is 0.382 e. The molecule has 0 bridgehead atoms. The molecule has 0 aliphatic carbocycles. The summed E-state index contributed by atoms with van der Waals surface area (Å²) >= 11 is 1.06. The number of hydrogen-bond donors (Lipinski definition) is 3. The molecule has 1 unspecified atom stereocenters. The minimum absolute atomic E-state index is 0.101. The molecule has 10 heteroatoms. The van der Waals surface area contributed by atoms with E-state index in [1.807, 2.05) is 0 Å². The van der Waals surface area contributed by atoms with Crippen LogP contribution in [0, 0.1) is 17.1 Å². The summed E-state index contributed by atoms with van der Waals surface area (Å²) in [5, 5.41) is 16.0. The second-order valence-electron chi connectivity index (χ2n) is 5.27. The number of halogens is 1. The van der Waals surface area contributed by atoms with Gasteiger partial charge in [0, 0.05) is 13.1 Å². The summed E-state index contributed by atoms with van der Waals surface area (Å²) in [6.45, 7) is 1.85. The summed E-state index contributed by atoms with van der Waals surface area (Å²) < 4.78 is 40.0. The van der Waals surface area contributed by atoms with Gasteiger partial charge in [-0.2, -0.15) is 9.98 Å². The highest BCUT2D eigenvalue weighted by molar-refractivity contribution is 7.91. The fourth-order valence-corrected chi connectivity index (χ4v) is 4.29. The number of nitrogens with zero attached hydrogens (tertiary/aromatic N) is 1. The van der Waals surface area contributed by atoms with E-state index in [2.05, 4.69) is 15.4 Å². The van der Waals surface area contributed by atoms with E-state index in [9.17, 15) is 17.6 Å². The molecular weight excluding hydrogens is 379 g/mol. The van der Waals surface area contributed by atoms with Crippen LogP contribution in [0.15, 0.2) is 39.9 Å². The van der Waals surface area contributed by atoms with Crippen molar-refractivity contribution in [1.29, 1.82) is 5.26 Å². The topological polar surface area (TPSA) is 111 Å². The lowest BCUT2D eigenvalue weighted by atomic mass is 10.2. The van der Waals surface area contributed by atoms with Crippen molar-refractivity contribution in [3.8, 4) is 6.07 Å². The number of hydrogen-bond acceptors (Lipinski definition) is 6. The summed E-state index contributed by atoms with van der Waals surface area (Å²) in [5.41, 5.74) is 0.226. The minimum Gasteiger partial charge on any atom is -0.382 e. The van der Waals surface area contributed by atoms with E-state index in [-0.39, 0.29) is 22.9 Å². The highest BCUT2D eigenvalue weighted by Crippen LogP contribution is 2.17. The Balaban J connectivity index is 1.82. The van der Waals surface area contributed by atoms with Crippen LogP contribution in [0.1, 0.15) is 12.5 Å². The summed E-state index contributed by atoms with van der Waals surface area (Å²) in [5.74, 6) is -1.12. The minimum atomic E-state index is -3.73. The molecule has 0 radical (unpaired) electrons. The quantitative estimate of drug-likeness (QED) is 0.588. The zero-order valence-corrected chi connectivity index (χ0v) is 15.5. The summed E-state index contributed by atoms with van der Waals surface area (Å²) in [4.78, 5) is 12.0. The normalized spacial score (nSPS) is 12.2. The molecule has 7 nitrogen and oxygen atoms in total. The molecule has 1 amide bonds. The molecule has 1 heterocycles. The van der Waals surface area contributed by atoms with E-state index >= 15 is 0 Å². The number of nitriles is 1. The van der Waals surface area contributed by atoms with Gasteiger partial charge < -0.3 is 10.6 Å². The zero-order valence-electron chi connectivity index (χ0n) is 13.8. The molecule has 0 fully saturated rings. The number of rotatable bonds is 8. The van der Waals surface area contributed by atoms with Gasteiger partial charge in [-0.1, -0.05) is 12.1 Å². The average molecular weight is 396 g/mol. The smallest absolute Gasteiger partial charge is 0.250 e. The van der Waals surface area contributed by atoms with Crippen molar-refractivity contribution in [2.24, 2.45) is 0 Å². The lowest BCUT2D eigenvalue weighted by molar-refractivity contribution is -0.122. The second kappa shape index (κ2) is 8.75. The van der Waals surface area contributed by atoms with Crippen molar-refractivity contribution in [2.45, 2.75) is 17.2 Å². The van der Waals surface area contributed by atoms with Crippen LogP contribution < -0.4 is 15.4 Å². The van der Waals surface area contributed by atoms with Crippen LogP contribution in [-0.2, 0) is 14.8 Å². The molecule has 0 spiro atoms. The number of carbonyl (C=O) groups excluding carboxylic acids is 1. The number of amides is 1. The van der Waals surface area contributed by atoms with Gasteiger partial charge in [0.25, 0.3) is 10.0 Å². The third-order valence-corrected chi connectivity index (χ3v) is 6.29. The predicted octanol–water partition coefficient (Wildman–Crippen LogP) is 1.65. The first-order chi connectivity index (χ1) is 12.3. The summed E-state index contributed by atoms with van der Waals surface area (Å²) in [6.07, 6.45) is 0. The van der Waals surface area contributed by atoms with Crippen molar-refractivity contribution in [2.75, 3.05) is 18.4 Å². The monoisotopic (exact) mass is 396 g/mol. The van der Waals surface area contributed by atoms with Gasteiger partial charge in [0.15, 0.2) is 0 Å². The maximum Gasteiger partial charge on any atom is 0.250 e. The average Bonchev–Trinajstić information content (AvgIpc) is 3.13. The lowest BCUT2D eigenvalue weighted by Gasteiger charge is -2.14. The fraction of sp³-hybridized carbons (Fsp3) is 0.250. The Kier molecular flexibility index (Phi) is 6.68. The van der Waals surface area contributed by atoms with Gasteiger partial charge in [0.2, 0.25) is 5.91 Å². The molecule has 2 rings (SSSR count). The Morgan fingerprint density at radius 3 is 2.73 bits per heavy atom. The van der Waals surface area contributed by atoms with Gasteiger partial charge in [0.05, 0.1) is 11.7 Å². The van der Waals surface area contributed by atoms with Crippen molar-refractivity contribution in [1.82, 2.24) is 10.0 Å². The first-order valence-corrected chi connectivity index (χ1v) is 9.97. The summed E-state index contributed by atoms with van der Waals surface area (Å²) in [7, 11) is -3.73. The second-order valence-corrected chi connectivity index (χ2v) is 8.16. The third kappa shape index (κ3) is 5.01. The fourth-order valence-electron chi connectivity index (χ4n) is 2.08. The van der Waals surface area contributed by atoms with Crippen LogP contribution >= 0.6 is 11.3 Å². The molecule has 1 aromatic carbocycles. The van der Waals surface area contributed by atoms with Gasteiger partial charge in [-0.3, -0.25) is 4.79 Å². The summed E-state index contributed by atoms with van der Waals surface area (Å²) in [6, 6.07) is 8.09. The number of thiophene rings is 1. The van der Waals surface area contributed by atoms with E-state index in [0.717, 1.165) is 11.3 Å². The molecule has 0 saturated heterocycles. The molecule has 0 aliphatic rings. The van der Waals surface area contributed by atoms with Gasteiger partial charge >= 0.3 is 0 Å². The van der Waals surface area contributed by atoms with Crippen molar-refractivity contribution in [3.05, 3.63) is 47.1 Å². The zero-order chi connectivity index (χ0) is 19.2. The van der Waals surface area contributed by atoms with Gasteiger partial charge in [-0.15, -0.1) is 11.3 Å². The van der Waals surface area contributed by atoms with Crippen molar-refractivity contribution < 1.29 is 17.6 Å². The standard InChI is InChI=1S/C16H17FN4O3S2/c1-11(21-26(23,24)15-6-3-9-25-15)16(22)20-8-7-19-14-5-2-4-13(17)12(14)10-18/h2-6,9,11,19,21H,7-8H2,1H3,(H,20,22). The van der Waals surface area contributed by atoms with Crippen LogP contribution in [0.5, 0.6) is 0 Å². The molecule has 0 aliphatic heterocycles. The molecule has 2 aromatic rings. The molecule has 1 aromatic heterocycles. The maximum atomic E-state index is 13.5. The van der Waals surface area contributed by atoms with Gasteiger partial charge in [-0.25, -0.2) is 12.8 Å². The number of carbonyl (C=O) groups is 1. The number of nitrogens with one attached hydrogen (secondary N) is 3. The van der Waals surface area contributed by atoms with Crippen LogP contribution in [0.25, 0.3) is 0 Å². The molecule has 26 heavy (non-hydrogen) atoms. The Morgan fingerprint density at radius 2 is 2.08 bits per heavy atom. The molecule has 1 atom stereocenters. The Hall–Kier alpha value is -2.48. The van der Waals surface area contributed by atoms with Crippen LogP contribution in [0.2, 0.25) is 0 Å². The van der Waals surface area contributed by atoms with Crippen LogP contribution in [0.3, 0.4) is 0 Å². The van der Waals surface area contributed by atoms with Crippen molar-refractivity contribution in [3.63, 3.8) is 0 Å². The van der Waals surface area contributed by atoms with E-state index < -0.39 is 27.8 Å². The van der Waals surface area contributed by atoms with Gasteiger partial charge in [-0.05, 0) is 30.5 Å². The Labute approximate surface area is 154 Å². The van der Waals surface area contributed by atoms with Crippen molar-refractivity contribution >= 4 is 33.0 Å². The molecular formula is C16H17FN4O3S2. The van der Waals surface area contributed by atoms with E-state index in [1.54, 1.807) is 23.6 Å². The SMILES string of the molecule is CC(NS(=O)(=O)c1cccs1)C(=O)NCCNc1cccc(F)c1C#N. The van der Waals surface area contributed by atoms with E-state index in [0.29, 0.717) is 5.69 Å². The number of benzene rings is 1. The highest BCUT2D eigenvalue weighted by atomic mass is 32.2. The number of sulfonamides is 1. The number of anilines is 1. The van der Waals surface area contributed by atoms with Crippen LogP contribution in [-0.4, -0.2) is 33.5 Å². The Bertz CT molecular complexity index is 908. The molecule has 3 N–H and O–H groups in total.